The SMILES string of the molecule is COc1ccc2c(CC(=O)NC(C)c3cccs3)cc(=O)oc2c1. The zero-order valence-corrected chi connectivity index (χ0v) is 14.2. The van der Waals surface area contributed by atoms with Crippen molar-refractivity contribution in [3.63, 3.8) is 0 Å². The first-order chi connectivity index (χ1) is 11.6. The number of hydrogen-bond donors (Lipinski definition) is 1. The molecule has 2 aromatic heterocycles. The number of nitrogens with one attached hydrogen (secondary N) is 1. The number of rotatable bonds is 5. The summed E-state index contributed by atoms with van der Waals surface area (Å²) in [6.45, 7) is 1.94. The van der Waals surface area contributed by atoms with Crippen LogP contribution in [0.3, 0.4) is 0 Å². The standard InChI is InChI=1S/C18H17NO4S/c1-11(16-4-3-7-24-16)19-17(20)8-12-9-18(21)23-15-10-13(22-2)5-6-14(12)15/h3-7,9-11H,8H2,1-2H3,(H,19,20). The maximum Gasteiger partial charge on any atom is 0.336 e. The van der Waals surface area contributed by atoms with Gasteiger partial charge in [-0.25, -0.2) is 4.79 Å². The maximum absolute atomic E-state index is 12.3. The first-order valence-corrected chi connectivity index (χ1v) is 8.38. The van der Waals surface area contributed by atoms with Crippen LogP contribution in [-0.4, -0.2) is 13.0 Å². The average Bonchev–Trinajstić information content (AvgIpc) is 3.08. The molecule has 1 amide bonds. The number of hydrogen-bond acceptors (Lipinski definition) is 5. The van der Waals surface area contributed by atoms with Crippen LogP contribution in [0.5, 0.6) is 5.75 Å². The number of thiophene rings is 1. The fourth-order valence-corrected chi connectivity index (χ4v) is 3.29. The Balaban J connectivity index is 1.84. The Morgan fingerprint density at radius 1 is 1.33 bits per heavy atom. The Labute approximate surface area is 142 Å². The molecule has 1 aromatic carbocycles. The van der Waals surface area contributed by atoms with Gasteiger partial charge in [0.25, 0.3) is 0 Å². The Morgan fingerprint density at radius 2 is 2.17 bits per heavy atom. The topological polar surface area (TPSA) is 68.5 Å². The van der Waals surface area contributed by atoms with Crippen LogP contribution in [-0.2, 0) is 11.2 Å². The van der Waals surface area contributed by atoms with E-state index < -0.39 is 5.63 Å². The van der Waals surface area contributed by atoms with E-state index >= 15 is 0 Å². The highest BCUT2D eigenvalue weighted by Crippen LogP contribution is 2.23. The van der Waals surface area contributed by atoms with Crippen molar-refractivity contribution in [2.45, 2.75) is 19.4 Å². The van der Waals surface area contributed by atoms with Crippen LogP contribution in [0, 0.1) is 0 Å². The molecule has 0 aliphatic rings. The lowest BCUT2D eigenvalue weighted by molar-refractivity contribution is -0.121. The molecule has 124 valence electrons. The Hall–Kier alpha value is -2.60. The number of fused-ring (bicyclic) bond motifs is 1. The number of amides is 1. The summed E-state index contributed by atoms with van der Waals surface area (Å²) in [6, 6.07) is 10.4. The van der Waals surface area contributed by atoms with Crippen LogP contribution in [0.15, 0.2) is 51.0 Å². The van der Waals surface area contributed by atoms with Gasteiger partial charge in [-0.15, -0.1) is 11.3 Å². The van der Waals surface area contributed by atoms with Gasteiger partial charge >= 0.3 is 5.63 Å². The molecule has 1 atom stereocenters. The van der Waals surface area contributed by atoms with Crippen LogP contribution in [0.1, 0.15) is 23.4 Å². The van der Waals surface area contributed by atoms with E-state index in [1.807, 2.05) is 24.4 Å². The van der Waals surface area contributed by atoms with Crippen molar-refractivity contribution in [1.82, 2.24) is 5.32 Å². The number of carbonyl (C=O) groups is 1. The Kier molecular flexibility index (Phi) is 4.66. The monoisotopic (exact) mass is 343 g/mol. The zero-order valence-electron chi connectivity index (χ0n) is 13.4. The molecule has 1 N–H and O–H groups in total. The second-order valence-corrected chi connectivity index (χ2v) is 6.41. The Bertz CT molecular complexity index is 914. The van der Waals surface area contributed by atoms with Crippen molar-refractivity contribution in [3.8, 4) is 5.75 Å². The Morgan fingerprint density at radius 3 is 2.88 bits per heavy atom. The van der Waals surface area contributed by atoms with E-state index in [1.54, 1.807) is 36.6 Å². The molecule has 0 saturated carbocycles. The molecular formula is C18H17NO4S. The van der Waals surface area contributed by atoms with Crippen LogP contribution in [0.25, 0.3) is 11.0 Å². The third-order valence-corrected chi connectivity index (χ3v) is 4.79. The molecule has 0 aliphatic carbocycles. The number of benzene rings is 1. The van der Waals surface area contributed by atoms with Gasteiger partial charge in [0.1, 0.15) is 11.3 Å². The normalized spacial score (nSPS) is 12.1. The van der Waals surface area contributed by atoms with E-state index in [2.05, 4.69) is 5.32 Å². The van der Waals surface area contributed by atoms with Gasteiger partial charge in [0.2, 0.25) is 5.91 Å². The molecule has 24 heavy (non-hydrogen) atoms. The molecule has 3 rings (SSSR count). The maximum atomic E-state index is 12.3. The van der Waals surface area contributed by atoms with E-state index in [4.69, 9.17) is 9.15 Å². The van der Waals surface area contributed by atoms with Crippen molar-refractivity contribution in [3.05, 3.63) is 62.6 Å². The lowest BCUT2D eigenvalue weighted by atomic mass is 10.1. The van der Waals surface area contributed by atoms with Gasteiger partial charge in [-0.3, -0.25) is 4.79 Å². The molecular weight excluding hydrogens is 326 g/mol. The average molecular weight is 343 g/mol. The van der Waals surface area contributed by atoms with Crippen LogP contribution < -0.4 is 15.7 Å². The third kappa shape index (κ3) is 3.49. The van der Waals surface area contributed by atoms with E-state index in [0.29, 0.717) is 16.9 Å². The van der Waals surface area contributed by atoms with Crippen molar-refractivity contribution in [2.75, 3.05) is 7.11 Å². The van der Waals surface area contributed by atoms with E-state index in [9.17, 15) is 9.59 Å². The van der Waals surface area contributed by atoms with E-state index in [-0.39, 0.29) is 18.4 Å². The minimum Gasteiger partial charge on any atom is -0.497 e. The fraction of sp³-hybridized carbons (Fsp3) is 0.222. The van der Waals surface area contributed by atoms with Gasteiger partial charge in [0.05, 0.1) is 19.6 Å². The molecule has 0 radical (unpaired) electrons. The van der Waals surface area contributed by atoms with Crippen molar-refractivity contribution in [1.29, 1.82) is 0 Å². The van der Waals surface area contributed by atoms with E-state index in [0.717, 1.165) is 10.3 Å². The highest BCUT2D eigenvalue weighted by atomic mass is 32.1. The first kappa shape index (κ1) is 16.3. The summed E-state index contributed by atoms with van der Waals surface area (Å²) < 4.78 is 10.3. The molecule has 3 aromatic rings. The van der Waals surface area contributed by atoms with Gasteiger partial charge in [0, 0.05) is 22.4 Å². The smallest absolute Gasteiger partial charge is 0.336 e. The quantitative estimate of drug-likeness (QED) is 0.722. The second kappa shape index (κ2) is 6.88. The number of ether oxygens (including phenoxy) is 1. The molecule has 0 aliphatic heterocycles. The number of carbonyl (C=O) groups excluding carboxylic acids is 1. The van der Waals surface area contributed by atoms with Gasteiger partial charge in [-0.1, -0.05) is 6.07 Å². The molecule has 2 heterocycles. The highest BCUT2D eigenvalue weighted by molar-refractivity contribution is 7.10. The minimum absolute atomic E-state index is 0.0658. The molecule has 0 fully saturated rings. The van der Waals surface area contributed by atoms with Crippen LogP contribution >= 0.6 is 11.3 Å². The fourth-order valence-electron chi connectivity index (χ4n) is 2.56. The molecule has 0 spiro atoms. The van der Waals surface area contributed by atoms with Crippen molar-refractivity contribution < 1.29 is 13.9 Å². The predicted octanol–water partition coefficient (Wildman–Crippen LogP) is 3.28. The van der Waals surface area contributed by atoms with Gasteiger partial charge in [-0.05, 0) is 36.1 Å². The van der Waals surface area contributed by atoms with Crippen molar-refractivity contribution in [2.24, 2.45) is 0 Å². The van der Waals surface area contributed by atoms with Crippen LogP contribution in [0.4, 0.5) is 0 Å². The summed E-state index contributed by atoms with van der Waals surface area (Å²) in [5, 5.41) is 5.66. The molecule has 1 unspecified atom stereocenters. The summed E-state index contributed by atoms with van der Waals surface area (Å²) in [4.78, 5) is 25.2. The summed E-state index contributed by atoms with van der Waals surface area (Å²) in [5.41, 5.74) is 0.570. The van der Waals surface area contributed by atoms with E-state index in [1.165, 1.54) is 6.07 Å². The lowest BCUT2D eigenvalue weighted by Crippen LogP contribution is -2.28. The summed E-state index contributed by atoms with van der Waals surface area (Å²) in [6.07, 6.45) is 0.115. The summed E-state index contributed by atoms with van der Waals surface area (Å²) in [7, 11) is 1.54. The molecule has 5 nitrogen and oxygen atoms in total. The van der Waals surface area contributed by atoms with Gasteiger partial charge < -0.3 is 14.5 Å². The van der Waals surface area contributed by atoms with Gasteiger partial charge in [0.15, 0.2) is 0 Å². The minimum atomic E-state index is -0.482. The lowest BCUT2D eigenvalue weighted by Gasteiger charge is -2.13. The van der Waals surface area contributed by atoms with Gasteiger partial charge in [-0.2, -0.15) is 0 Å². The molecule has 0 bridgehead atoms. The highest BCUT2D eigenvalue weighted by Gasteiger charge is 2.14. The zero-order chi connectivity index (χ0) is 17.1. The first-order valence-electron chi connectivity index (χ1n) is 7.50. The molecule has 6 heteroatoms. The predicted molar refractivity (Wildman–Crippen MR) is 93.6 cm³/mol. The third-order valence-electron chi connectivity index (χ3n) is 3.74. The largest absolute Gasteiger partial charge is 0.497 e. The van der Waals surface area contributed by atoms with Crippen molar-refractivity contribution >= 4 is 28.2 Å². The second-order valence-electron chi connectivity index (χ2n) is 5.43. The summed E-state index contributed by atoms with van der Waals surface area (Å²) >= 11 is 1.59. The number of methoxy groups -OCH3 is 1. The van der Waals surface area contributed by atoms with Crippen LogP contribution in [0.2, 0.25) is 0 Å². The summed E-state index contributed by atoms with van der Waals surface area (Å²) in [5.74, 6) is 0.456. The molecule has 0 saturated heterocycles.